The molecule has 0 aliphatic heterocycles. The first kappa shape index (κ1) is 19.9. The highest BCUT2D eigenvalue weighted by molar-refractivity contribution is 6.17. The van der Waals surface area contributed by atoms with E-state index in [1.807, 2.05) is 6.07 Å². The lowest BCUT2D eigenvalue weighted by Crippen LogP contribution is -2.17. The Morgan fingerprint density at radius 1 is 0.724 bits per heavy atom. The summed E-state index contributed by atoms with van der Waals surface area (Å²) >= 11 is 0. The van der Waals surface area contributed by atoms with Gasteiger partial charge in [0.05, 0.1) is 26.9 Å². The summed E-state index contributed by atoms with van der Waals surface area (Å²) in [4.78, 5) is 25.8. The zero-order chi connectivity index (χ0) is 20.8. The van der Waals surface area contributed by atoms with Crippen LogP contribution < -0.4 is 19.5 Å². The van der Waals surface area contributed by atoms with Crippen molar-refractivity contribution in [1.29, 1.82) is 0 Å². The summed E-state index contributed by atoms with van der Waals surface area (Å²) < 4.78 is 15.9. The smallest absolute Gasteiger partial charge is 0.256 e. The van der Waals surface area contributed by atoms with Gasteiger partial charge in [0.2, 0.25) is 5.75 Å². The number of rotatable bonds is 7. The topological polar surface area (TPSA) is 73.9 Å². The Morgan fingerprint density at radius 3 is 1.83 bits per heavy atom. The van der Waals surface area contributed by atoms with Crippen molar-refractivity contribution in [2.75, 3.05) is 26.6 Å². The zero-order valence-electron chi connectivity index (χ0n) is 16.4. The van der Waals surface area contributed by atoms with Crippen LogP contribution >= 0.6 is 0 Å². The van der Waals surface area contributed by atoms with E-state index in [4.69, 9.17) is 14.2 Å². The Morgan fingerprint density at radius 2 is 1.28 bits per heavy atom. The average Bonchev–Trinajstić information content (AvgIpc) is 2.78. The van der Waals surface area contributed by atoms with Crippen molar-refractivity contribution < 1.29 is 23.8 Å². The van der Waals surface area contributed by atoms with E-state index < -0.39 is 5.91 Å². The molecule has 1 amide bonds. The number of amides is 1. The Kier molecular flexibility index (Phi) is 6.14. The number of carbonyl (C=O) groups is 2. The molecule has 6 nitrogen and oxygen atoms in total. The fourth-order valence-electron chi connectivity index (χ4n) is 2.98. The number of nitrogens with one attached hydrogen (secondary N) is 1. The van der Waals surface area contributed by atoms with E-state index in [0.29, 0.717) is 34.1 Å². The normalized spacial score (nSPS) is 10.2. The van der Waals surface area contributed by atoms with E-state index in [9.17, 15) is 9.59 Å². The third-order valence-corrected chi connectivity index (χ3v) is 4.37. The standard InChI is InChI=1S/C23H21NO5/c1-27-19-13-16(14-20(28-2)22(19)29-3)24-23(26)18-12-8-7-11-17(18)21(25)15-9-5-4-6-10-15/h4-14H,1-3H3,(H,24,26). The molecule has 0 unspecified atom stereocenters. The first-order chi connectivity index (χ1) is 14.1. The number of carbonyl (C=O) groups excluding carboxylic acids is 2. The minimum absolute atomic E-state index is 0.221. The quantitative estimate of drug-likeness (QED) is 0.611. The lowest BCUT2D eigenvalue weighted by atomic mass is 9.98. The molecule has 6 heteroatoms. The molecule has 148 valence electrons. The molecule has 3 aromatic carbocycles. The third-order valence-electron chi connectivity index (χ3n) is 4.37. The SMILES string of the molecule is COc1cc(NC(=O)c2ccccc2C(=O)c2ccccc2)cc(OC)c1OC. The number of anilines is 1. The fraction of sp³-hybridized carbons (Fsp3) is 0.130. The number of methoxy groups -OCH3 is 3. The lowest BCUT2D eigenvalue weighted by molar-refractivity contribution is 0.0996. The highest BCUT2D eigenvalue weighted by Gasteiger charge is 2.20. The second-order valence-corrected chi connectivity index (χ2v) is 6.11. The van der Waals surface area contributed by atoms with Gasteiger partial charge >= 0.3 is 0 Å². The maximum Gasteiger partial charge on any atom is 0.256 e. The minimum Gasteiger partial charge on any atom is -0.493 e. The van der Waals surface area contributed by atoms with E-state index in [2.05, 4.69) is 5.32 Å². The van der Waals surface area contributed by atoms with Gasteiger partial charge in [0.1, 0.15) is 0 Å². The van der Waals surface area contributed by atoms with Crippen molar-refractivity contribution in [1.82, 2.24) is 0 Å². The molecule has 3 rings (SSSR count). The first-order valence-corrected chi connectivity index (χ1v) is 8.89. The van der Waals surface area contributed by atoms with Crippen LogP contribution in [-0.4, -0.2) is 33.0 Å². The van der Waals surface area contributed by atoms with Gasteiger partial charge in [-0.2, -0.15) is 0 Å². The largest absolute Gasteiger partial charge is 0.493 e. The van der Waals surface area contributed by atoms with Crippen molar-refractivity contribution in [3.63, 3.8) is 0 Å². The summed E-state index contributed by atoms with van der Waals surface area (Å²) in [7, 11) is 4.50. The van der Waals surface area contributed by atoms with Gasteiger partial charge in [-0.05, 0) is 6.07 Å². The average molecular weight is 391 g/mol. The van der Waals surface area contributed by atoms with Gasteiger partial charge in [-0.3, -0.25) is 9.59 Å². The molecule has 0 spiro atoms. The molecule has 1 N–H and O–H groups in total. The van der Waals surface area contributed by atoms with Crippen molar-refractivity contribution in [3.05, 3.63) is 83.4 Å². The molecule has 29 heavy (non-hydrogen) atoms. The molecule has 0 heterocycles. The van der Waals surface area contributed by atoms with Crippen molar-refractivity contribution >= 4 is 17.4 Å². The summed E-state index contributed by atoms with van der Waals surface area (Å²) in [5, 5.41) is 2.80. The summed E-state index contributed by atoms with van der Waals surface area (Å²) in [6, 6.07) is 18.8. The van der Waals surface area contributed by atoms with Crippen LogP contribution in [0.25, 0.3) is 0 Å². The summed E-state index contributed by atoms with van der Waals surface area (Å²) in [6.45, 7) is 0. The van der Waals surface area contributed by atoms with Crippen LogP contribution in [-0.2, 0) is 0 Å². The molecule has 0 radical (unpaired) electrons. The van der Waals surface area contributed by atoms with Crippen LogP contribution in [0, 0.1) is 0 Å². The first-order valence-electron chi connectivity index (χ1n) is 8.89. The maximum atomic E-state index is 12.9. The molecule has 0 aliphatic rings. The van der Waals surface area contributed by atoms with Gasteiger partial charge < -0.3 is 19.5 Å². The fourth-order valence-corrected chi connectivity index (χ4v) is 2.98. The predicted octanol–water partition coefficient (Wildman–Crippen LogP) is 4.20. The molecule has 0 saturated carbocycles. The van der Waals surface area contributed by atoms with Crippen LogP contribution in [0.3, 0.4) is 0 Å². The summed E-state index contributed by atoms with van der Waals surface area (Å²) in [6.07, 6.45) is 0. The molecular weight excluding hydrogens is 370 g/mol. The van der Waals surface area contributed by atoms with E-state index >= 15 is 0 Å². The Labute approximate surface area is 169 Å². The number of ketones is 1. The zero-order valence-corrected chi connectivity index (χ0v) is 16.4. The molecule has 0 fully saturated rings. The number of ether oxygens (including phenoxy) is 3. The maximum absolute atomic E-state index is 12.9. The van der Waals surface area contributed by atoms with Crippen LogP contribution in [0.2, 0.25) is 0 Å². The second kappa shape index (κ2) is 8.93. The van der Waals surface area contributed by atoms with Crippen molar-refractivity contribution in [2.45, 2.75) is 0 Å². The van der Waals surface area contributed by atoms with Gasteiger partial charge in [-0.15, -0.1) is 0 Å². The van der Waals surface area contributed by atoms with Crippen LogP contribution in [0.15, 0.2) is 66.7 Å². The van der Waals surface area contributed by atoms with Crippen LogP contribution in [0.1, 0.15) is 26.3 Å². The number of benzene rings is 3. The summed E-state index contributed by atoms with van der Waals surface area (Å²) in [5.74, 6) is 0.611. The van der Waals surface area contributed by atoms with Gasteiger partial charge in [-0.25, -0.2) is 0 Å². The predicted molar refractivity (Wildman–Crippen MR) is 110 cm³/mol. The minimum atomic E-state index is -0.417. The van der Waals surface area contributed by atoms with Crippen molar-refractivity contribution in [3.8, 4) is 17.2 Å². The molecule has 0 bridgehead atoms. The molecule has 0 aromatic heterocycles. The molecular formula is C23H21NO5. The Hall–Kier alpha value is -3.80. The van der Waals surface area contributed by atoms with Crippen molar-refractivity contribution in [2.24, 2.45) is 0 Å². The second-order valence-electron chi connectivity index (χ2n) is 6.11. The van der Waals surface area contributed by atoms with Gasteiger partial charge in [0.25, 0.3) is 5.91 Å². The highest BCUT2D eigenvalue weighted by atomic mass is 16.5. The Bertz CT molecular complexity index is 1010. The van der Waals surface area contributed by atoms with E-state index in [1.165, 1.54) is 21.3 Å². The van der Waals surface area contributed by atoms with Gasteiger partial charge in [-0.1, -0.05) is 48.5 Å². The van der Waals surface area contributed by atoms with Crippen LogP contribution in [0.5, 0.6) is 17.2 Å². The summed E-state index contributed by atoms with van der Waals surface area (Å²) in [5.41, 5.74) is 1.56. The van der Waals surface area contributed by atoms with E-state index in [1.54, 1.807) is 60.7 Å². The monoisotopic (exact) mass is 391 g/mol. The van der Waals surface area contributed by atoms with Crippen LogP contribution in [0.4, 0.5) is 5.69 Å². The van der Waals surface area contributed by atoms with Gasteiger partial charge in [0.15, 0.2) is 17.3 Å². The van der Waals surface area contributed by atoms with E-state index in [-0.39, 0.29) is 11.3 Å². The molecule has 0 saturated heterocycles. The number of hydrogen-bond donors (Lipinski definition) is 1. The highest BCUT2D eigenvalue weighted by Crippen LogP contribution is 2.40. The third kappa shape index (κ3) is 4.21. The Balaban J connectivity index is 1.94. The molecule has 0 aliphatic carbocycles. The molecule has 3 aromatic rings. The van der Waals surface area contributed by atoms with E-state index in [0.717, 1.165) is 0 Å². The lowest BCUT2D eigenvalue weighted by Gasteiger charge is -2.15. The molecule has 0 atom stereocenters. The van der Waals surface area contributed by atoms with Gasteiger partial charge in [0, 0.05) is 28.9 Å². The number of hydrogen-bond acceptors (Lipinski definition) is 5.